The average Bonchev–Trinajstić information content (AvgIpc) is 1.90. The minimum Gasteiger partial charge on any atom is -0.458 e. The van der Waals surface area contributed by atoms with Crippen molar-refractivity contribution < 1.29 is 9.05 Å². The molecule has 1 heterocycles. The van der Waals surface area contributed by atoms with Crippen LogP contribution in [0.2, 0.25) is 0 Å². The quantitative estimate of drug-likeness (QED) is 0.448. The van der Waals surface area contributed by atoms with Gasteiger partial charge in [-0.1, -0.05) is 0 Å². The first kappa shape index (κ1) is 5.07. The Morgan fingerprint density at radius 1 is 1.57 bits per heavy atom. The van der Waals surface area contributed by atoms with E-state index in [2.05, 4.69) is 0 Å². The third-order valence-corrected chi connectivity index (χ3v) is 1.21. The van der Waals surface area contributed by atoms with Crippen LogP contribution in [0, 0.1) is 0 Å². The molecule has 1 aliphatic rings. The van der Waals surface area contributed by atoms with Gasteiger partial charge >= 0.3 is 0 Å². The van der Waals surface area contributed by atoms with Gasteiger partial charge in [-0.25, -0.2) is 0 Å². The molecule has 3 heteroatoms. The summed E-state index contributed by atoms with van der Waals surface area (Å²) in [4.78, 5) is 0. The van der Waals surface area contributed by atoms with E-state index in [1.165, 1.54) is 0 Å². The molecule has 0 saturated heterocycles. The van der Waals surface area contributed by atoms with Gasteiger partial charge in [0.2, 0.25) is 9.03 Å². The van der Waals surface area contributed by atoms with E-state index in [4.69, 9.17) is 9.05 Å². The van der Waals surface area contributed by atoms with Crippen molar-refractivity contribution in [1.29, 1.82) is 0 Å². The molecule has 0 bridgehead atoms. The molecule has 7 heavy (non-hydrogen) atoms. The monoisotopic (exact) mass is 118 g/mol. The molecule has 0 aromatic heterocycles. The van der Waals surface area contributed by atoms with Gasteiger partial charge in [0.1, 0.15) is 0 Å². The van der Waals surface area contributed by atoms with Gasteiger partial charge in [-0.2, -0.15) is 0 Å². The highest BCUT2D eigenvalue weighted by Crippen LogP contribution is 2.16. The lowest BCUT2D eigenvalue weighted by atomic mass is 10.5. The highest BCUT2D eigenvalue weighted by Gasteiger charge is 1.88. The molecule has 1 aliphatic heterocycles. The predicted molar refractivity (Wildman–Crippen MR) is 29.1 cm³/mol. The second kappa shape index (κ2) is 3.00. The van der Waals surface area contributed by atoms with E-state index in [9.17, 15) is 0 Å². The van der Waals surface area contributed by atoms with Gasteiger partial charge in [0.15, 0.2) is 0 Å². The highest BCUT2D eigenvalue weighted by atomic mass is 31.1. The molecule has 1 atom stereocenters. The standard InChI is InChI=1S/C4H7O2P/c1-2-4-6-7-5-3-1/h1,3,7H,2,4H2. The number of rotatable bonds is 0. The van der Waals surface area contributed by atoms with Crippen molar-refractivity contribution in [1.82, 2.24) is 0 Å². The molecule has 0 amide bonds. The van der Waals surface area contributed by atoms with Gasteiger partial charge in [-0.3, -0.25) is 0 Å². The maximum Gasteiger partial charge on any atom is 0.214 e. The van der Waals surface area contributed by atoms with Crippen molar-refractivity contribution in [2.45, 2.75) is 6.42 Å². The Bertz CT molecular complexity index is 64.1. The minimum atomic E-state index is 0.208. The molecule has 0 radical (unpaired) electrons. The van der Waals surface area contributed by atoms with Crippen molar-refractivity contribution in [3.8, 4) is 0 Å². The second-order valence-corrected chi connectivity index (χ2v) is 1.90. The van der Waals surface area contributed by atoms with Crippen molar-refractivity contribution in [2.75, 3.05) is 6.61 Å². The van der Waals surface area contributed by atoms with E-state index >= 15 is 0 Å². The molecule has 0 aromatic rings. The van der Waals surface area contributed by atoms with Crippen molar-refractivity contribution in [3.63, 3.8) is 0 Å². The van der Waals surface area contributed by atoms with Crippen LogP contribution in [0.15, 0.2) is 12.3 Å². The Kier molecular flexibility index (Phi) is 2.18. The molecular formula is C4H7O2P. The van der Waals surface area contributed by atoms with Gasteiger partial charge in [-0.05, 0) is 12.5 Å². The zero-order valence-electron chi connectivity index (χ0n) is 3.89. The summed E-state index contributed by atoms with van der Waals surface area (Å²) in [6.07, 6.45) is 4.62. The third-order valence-electron chi connectivity index (χ3n) is 0.658. The lowest BCUT2D eigenvalue weighted by molar-refractivity contribution is 0.336. The first-order valence-corrected chi connectivity index (χ1v) is 2.99. The van der Waals surface area contributed by atoms with Crippen LogP contribution in [0.5, 0.6) is 0 Å². The molecule has 40 valence electrons. The van der Waals surface area contributed by atoms with Crippen LogP contribution in [0.3, 0.4) is 0 Å². The van der Waals surface area contributed by atoms with Gasteiger partial charge < -0.3 is 9.05 Å². The fraction of sp³-hybridized carbons (Fsp3) is 0.500. The van der Waals surface area contributed by atoms with Crippen LogP contribution in [-0.4, -0.2) is 6.61 Å². The van der Waals surface area contributed by atoms with E-state index in [-0.39, 0.29) is 9.03 Å². The molecule has 0 aromatic carbocycles. The highest BCUT2D eigenvalue weighted by molar-refractivity contribution is 7.26. The zero-order chi connectivity index (χ0) is 4.95. The molecule has 0 spiro atoms. The molecular weight excluding hydrogens is 111 g/mol. The number of hydrogen-bond donors (Lipinski definition) is 0. The summed E-state index contributed by atoms with van der Waals surface area (Å²) >= 11 is 0. The van der Waals surface area contributed by atoms with Gasteiger partial charge in [0.05, 0.1) is 12.9 Å². The maximum absolute atomic E-state index is 4.94. The van der Waals surface area contributed by atoms with Gasteiger partial charge in [0.25, 0.3) is 0 Å². The molecule has 2 nitrogen and oxygen atoms in total. The average molecular weight is 118 g/mol. The Hall–Kier alpha value is -0.0700. The van der Waals surface area contributed by atoms with E-state index in [1.54, 1.807) is 6.26 Å². The van der Waals surface area contributed by atoms with Crippen molar-refractivity contribution >= 4 is 9.03 Å². The lowest BCUT2D eigenvalue weighted by Gasteiger charge is -1.92. The first-order valence-electron chi connectivity index (χ1n) is 2.17. The maximum atomic E-state index is 4.94. The summed E-state index contributed by atoms with van der Waals surface area (Å²) in [5.41, 5.74) is 0. The van der Waals surface area contributed by atoms with Crippen LogP contribution >= 0.6 is 9.03 Å². The number of hydrogen-bond acceptors (Lipinski definition) is 2. The summed E-state index contributed by atoms with van der Waals surface area (Å²) in [6, 6.07) is 0. The zero-order valence-corrected chi connectivity index (χ0v) is 4.89. The van der Waals surface area contributed by atoms with Crippen molar-refractivity contribution in [3.05, 3.63) is 12.3 Å². The van der Waals surface area contributed by atoms with Gasteiger partial charge in [0, 0.05) is 0 Å². The van der Waals surface area contributed by atoms with Crippen molar-refractivity contribution in [2.24, 2.45) is 0 Å². The summed E-state index contributed by atoms with van der Waals surface area (Å²) in [7, 11) is 0.208. The van der Waals surface area contributed by atoms with E-state index in [0.29, 0.717) is 0 Å². The lowest BCUT2D eigenvalue weighted by Crippen LogP contribution is -1.76. The fourth-order valence-electron chi connectivity index (χ4n) is 0.347. The normalized spacial score (nSPS) is 24.0. The Morgan fingerprint density at radius 3 is 3.57 bits per heavy atom. The molecule has 0 saturated carbocycles. The smallest absolute Gasteiger partial charge is 0.214 e. The minimum absolute atomic E-state index is 0.208. The Morgan fingerprint density at radius 2 is 2.57 bits per heavy atom. The Balaban J connectivity index is 2.20. The third kappa shape index (κ3) is 1.91. The van der Waals surface area contributed by atoms with E-state index < -0.39 is 0 Å². The van der Waals surface area contributed by atoms with Crippen LogP contribution in [0.25, 0.3) is 0 Å². The second-order valence-electron chi connectivity index (χ2n) is 1.21. The topological polar surface area (TPSA) is 18.5 Å². The summed E-state index contributed by atoms with van der Waals surface area (Å²) in [6.45, 7) is 0.801. The fourth-order valence-corrected chi connectivity index (χ4v) is 0.768. The molecule has 0 N–H and O–H groups in total. The summed E-state index contributed by atoms with van der Waals surface area (Å²) in [5.74, 6) is 0. The first-order chi connectivity index (χ1) is 3.50. The Labute approximate surface area is 44.5 Å². The van der Waals surface area contributed by atoms with Crippen LogP contribution in [0.1, 0.15) is 6.42 Å². The van der Waals surface area contributed by atoms with E-state index in [1.807, 2.05) is 6.08 Å². The van der Waals surface area contributed by atoms with Crippen LogP contribution in [-0.2, 0) is 9.05 Å². The van der Waals surface area contributed by atoms with E-state index in [0.717, 1.165) is 13.0 Å². The summed E-state index contributed by atoms with van der Waals surface area (Å²) in [5, 5.41) is 0. The molecule has 1 rings (SSSR count). The molecule has 1 unspecified atom stereocenters. The molecule has 0 fully saturated rings. The largest absolute Gasteiger partial charge is 0.458 e. The SMILES string of the molecule is C1=COPOCC1. The molecule has 0 aliphatic carbocycles. The van der Waals surface area contributed by atoms with Crippen LogP contribution < -0.4 is 0 Å². The van der Waals surface area contributed by atoms with Crippen LogP contribution in [0.4, 0.5) is 0 Å². The van der Waals surface area contributed by atoms with Gasteiger partial charge in [-0.15, -0.1) is 0 Å². The predicted octanol–water partition coefficient (Wildman–Crippen LogP) is 1.45. The summed E-state index contributed by atoms with van der Waals surface area (Å²) < 4.78 is 9.76.